The molecule has 3 rings (SSSR count). The van der Waals surface area contributed by atoms with Gasteiger partial charge in [-0.05, 0) is 40.0 Å². The minimum absolute atomic E-state index is 0.134. The molecule has 1 aromatic carbocycles. The van der Waals surface area contributed by atoms with E-state index >= 15 is 0 Å². The summed E-state index contributed by atoms with van der Waals surface area (Å²) in [5, 5.41) is 7.76. The normalized spacial score (nSPS) is 15.2. The Balaban J connectivity index is 2.07. The molecule has 7 nitrogen and oxygen atoms in total. The van der Waals surface area contributed by atoms with E-state index in [0.29, 0.717) is 42.6 Å². The molecule has 0 atom stereocenters. The van der Waals surface area contributed by atoms with Crippen molar-refractivity contribution in [3.63, 3.8) is 0 Å². The fraction of sp³-hybridized carbons (Fsp3) is 0.588. The van der Waals surface area contributed by atoms with E-state index < -0.39 is 0 Å². The second-order valence-electron chi connectivity index (χ2n) is 7.16. The van der Waals surface area contributed by atoms with Gasteiger partial charge in [0.15, 0.2) is 0 Å². The highest BCUT2D eigenvalue weighted by Crippen LogP contribution is 2.31. The zero-order chi connectivity index (χ0) is 18.2. The number of ether oxygens (including phenoxy) is 2. The molecule has 8 heteroatoms. The van der Waals surface area contributed by atoms with Crippen molar-refractivity contribution in [2.45, 2.75) is 32.6 Å². The highest BCUT2D eigenvalue weighted by atomic mass is 16.5. The lowest BCUT2D eigenvalue weighted by Gasteiger charge is -2.29. The van der Waals surface area contributed by atoms with E-state index in [4.69, 9.17) is 17.3 Å². The number of rotatable bonds is 6. The van der Waals surface area contributed by atoms with Crippen LogP contribution in [0.3, 0.4) is 0 Å². The summed E-state index contributed by atoms with van der Waals surface area (Å²) in [6.45, 7) is 8.24. The molecule has 0 amide bonds. The van der Waals surface area contributed by atoms with Gasteiger partial charge in [-0.1, -0.05) is 26.2 Å². The van der Waals surface area contributed by atoms with E-state index in [9.17, 15) is 4.79 Å². The van der Waals surface area contributed by atoms with Crippen LogP contribution in [0.5, 0.6) is 5.75 Å². The lowest BCUT2D eigenvalue weighted by molar-refractivity contribution is -0.0508. The number of benzene rings is 1. The maximum absolute atomic E-state index is 12.3. The van der Waals surface area contributed by atoms with Gasteiger partial charge in [0.1, 0.15) is 19.3 Å². The molecule has 0 N–H and O–H groups in total. The van der Waals surface area contributed by atoms with Crippen LogP contribution >= 0.6 is 0 Å². The second-order valence-corrected chi connectivity index (χ2v) is 7.16. The molecule has 2 heterocycles. The summed E-state index contributed by atoms with van der Waals surface area (Å²) >= 11 is 0. The summed E-state index contributed by atoms with van der Waals surface area (Å²) in [4.78, 5) is 12.3. The van der Waals surface area contributed by atoms with Crippen molar-refractivity contribution in [3.8, 4) is 11.4 Å². The van der Waals surface area contributed by atoms with Crippen LogP contribution in [0.25, 0.3) is 5.69 Å². The van der Waals surface area contributed by atoms with Gasteiger partial charge in [0.2, 0.25) is 0 Å². The van der Waals surface area contributed by atoms with E-state index in [1.165, 1.54) is 9.36 Å². The molecule has 1 saturated heterocycles. The quantitative estimate of drug-likeness (QED) is 0.714. The first-order valence-electron chi connectivity index (χ1n) is 8.47. The van der Waals surface area contributed by atoms with Crippen molar-refractivity contribution in [2.75, 3.05) is 19.8 Å². The fourth-order valence-electron chi connectivity index (χ4n) is 2.69. The number of aromatic nitrogens is 4. The molecule has 0 bridgehead atoms. The van der Waals surface area contributed by atoms with Gasteiger partial charge < -0.3 is 9.47 Å². The Hall–Kier alpha value is -2.09. The van der Waals surface area contributed by atoms with Gasteiger partial charge in [-0.25, -0.2) is 4.79 Å². The standard InChI is InChI=1S/C17H23BN4O3/c1-5-17(2,3)12-6-14(22-16(23)21(4)19-20-22)15(7-13(12)18)25-10-11-8-24-9-11/h6-7,11H,5,8-10H2,1-4H3. The molecule has 1 aliphatic heterocycles. The Morgan fingerprint density at radius 3 is 2.60 bits per heavy atom. The summed E-state index contributed by atoms with van der Waals surface area (Å²) in [7, 11) is 7.85. The third-order valence-electron chi connectivity index (χ3n) is 4.88. The largest absolute Gasteiger partial charge is 0.491 e. The molecule has 1 aromatic heterocycles. The zero-order valence-electron chi connectivity index (χ0n) is 15.2. The minimum atomic E-state index is -0.332. The SMILES string of the molecule is [B]c1cc(OCC2COC2)c(-n2nnn(C)c2=O)cc1C(C)(C)CC. The van der Waals surface area contributed by atoms with E-state index in [2.05, 4.69) is 31.2 Å². The van der Waals surface area contributed by atoms with Crippen LogP contribution < -0.4 is 15.9 Å². The molecule has 2 aromatic rings. The van der Waals surface area contributed by atoms with E-state index in [1.807, 2.05) is 6.07 Å². The Bertz CT molecular complexity index is 824. The number of hydrogen-bond acceptors (Lipinski definition) is 5. The van der Waals surface area contributed by atoms with Crippen molar-refractivity contribution >= 4 is 13.3 Å². The highest BCUT2D eigenvalue weighted by Gasteiger charge is 2.25. The first-order chi connectivity index (χ1) is 11.8. The predicted molar refractivity (Wildman–Crippen MR) is 95.1 cm³/mol. The van der Waals surface area contributed by atoms with Crippen molar-refractivity contribution < 1.29 is 9.47 Å². The average molecular weight is 342 g/mol. The van der Waals surface area contributed by atoms with E-state index in [1.54, 1.807) is 13.1 Å². The van der Waals surface area contributed by atoms with Crippen LogP contribution in [-0.4, -0.2) is 47.5 Å². The first kappa shape index (κ1) is 17.7. The maximum Gasteiger partial charge on any atom is 0.368 e. The van der Waals surface area contributed by atoms with Crippen LogP contribution in [0.1, 0.15) is 32.8 Å². The number of hydrogen-bond donors (Lipinski definition) is 0. The monoisotopic (exact) mass is 342 g/mol. The molecule has 0 aliphatic carbocycles. The van der Waals surface area contributed by atoms with Crippen molar-refractivity contribution in [2.24, 2.45) is 13.0 Å². The van der Waals surface area contributed by atoms with Gasteiger partial charge in [-0.3, -0.25) is 0 Å². The minimum Gasteiger partial charge on any atom is -0.491 e. The Morgan fingerprint density at radius 1 is 1.36 bits per heavy atom. The molecule has 25 heavy (non-hydrogen) atoms. The summed E-state index contributed by atoms with van der Waals surface area (Å²) in [5.41, 5.74) is 1.70. The summed E-state index contributed by atoms with van der Waals surface area (Å²) < 4.78 is 13.6. The first-order valence-corrected chi connectivity index (χ1v) is 8.47. The van der Waals surface area contributed by atoms with Crippen molar-refractivity contribution in [3.05, 3.63) is 28.2 Å². The topological polar surface area (TPSA) is 71.2 Å². The predicted octanol–water partition coefficient (Wildman–Crippen LogP) is 0.473. The van der Waals surface area contributed by atoms with Gasteiger partial charge in [-0.15, -0.1) is 0 Å². The number of aryl methyl sites for hydroxylation is 1. The second kappa shape index (κ2) is 6.67. The Kier molecular flexibility index (Phi) is 4.73. The van der Waals surface area contributed by atoms with Crippen LogP contribution in [0.2, 0.25) is 0 Å². The highest BCUT2D eigenvalue weighted by molar-refractivity contribution is 6.33. The fourth-order valence-corrected chi connectivity index (χ4v) is 2.69. The van der Waals surface area contributed by atoms with Gasteiger partial charge in [0.25, 0.3) is 0 Å². The van der Waals surface area contributed by atoms with Crippen molar-refractivity contribution in [1.82, 2.24) is 19.8 Å². The number of nitrogens with zero attached hydrogens (tertiary/aromatic N) is 4. The third-order valence-corrected chi connectivity index (χ3v) is 4.88. The smallest absolute Gasteiger partial charge is 0.368 e. The zero-order valence-corrected chi connectivity index (χ0v) is 15.2. The van der Waals surface area contributed by atoms with Gasteiger partial charge in [-0.2, -0.15) is 9.36 Å². The molecule has 0 spiro atoms. The lowest BCUT2D eigenvalue weighted by atomic mass is 9.74. The average Bonchev–Trinajstić information content (AvgIpc) is 2.85. The lowest BCUT2D eigenvalue weighted by Crippen LogP contribution is -2.33. The van der Waals surface area contributed by atoms with Crippen LogP contribution in [0.15, 0.2) is 16.9 Å². The van der Waals surface area contributed by atoms with E-state index in [-0.39, 0.29) is 11.1 Å². The van der Waals surface area contributed by atoms with Crippen LogP contribution in [-0.2, 0) is 17.2 Å². The van der Waals surface area contributed by atoms with Crippen LogP contribution in [0.4, 0.5) is 0 Å². The molecule has 1 aliphatic rings. The Morgan fingerprint density at radius 2 is 2.08 bits per heavy atom. The summed E-state index contributed by atoms with van der Waals surface area (Å²) in [6.07, 6.45) is 0.908. The van der Waals surface area contributed by atoms with Crippen molar-refractivity contribution in [1.29, 1.82) is 0 Å². The molecule has 1 fully saturated rings. The third kappa shape index (κ3) is 3.35. The molecule has 0 saturated carbocycles. The summed E-state index contributed by atoms with van der Waals surface area (Å²) in [6, 6.07) is 3.67. The van der Waals surface area contributed by atoms with Gasteiger partial charge in [0, 0.05) is 13.0 Å². The molecule has 2 radical (unpaired) electrons. The number of tetrazole rings is 1. The van der Waals surface area contributed by atoms with Gasteiger partial charge >= 0.3 is 5.69 Å². The summed E-state index contributed by atoms with van der Waals surface area (Å²) in [5.74, 6) is 0.891. The molecular formula is C17H23BN4O3. The van der Waals surface area contributed by atoms with Gasteiger partial charge in [0.05, 0.1) is 19.8 Å². The van der Waals surface area contributed by atoms with Crippen LogP contribution in [0, 0.1) is 5.92 Å². The molecule has 132 valence electrons. The maximum atomic E-state index is 12.3. The Labute approximate surface area is 148 Å². The molecule has 0 unspecified atom stereocenters. The molecular weight excluding hydrogens is 319 g/mol. The van der Waals surface area contributed by atoms with E-state index in [0.717, 1.165) is 12.0 Å².